The van der Waals surface area contributed by atoms with Gasteiger partial charge in [-0.1, -0.05) is 24.3 Å². The monoisotopic (exact) mass is 504 g/mol. The number of hydrogen-bond acceptors (Lipinski definition) is 7. The Kier molecular flexibility index (Phi) is 7.92. The topological polar surface area (TPSA) is 106 Å². The molecule has 0 aliphatic carbocycles. The average Bonchev–Trinajstić information content (AvgIpc) is 3.22. The van der Waals surface area contributed by atoms with E-state index >= 15 is 0 Å². The third kappa shape index (κ3) is 6.05. The third-order valence-electron chi connectivity index (χ3n) is 5.10. The summed E-state index contributed by atoms with van der Waals surface area (Å²) in [6.07, 6.45) is 1.71. The quantitative estimate of drug-likeness (QED) is 0.383. The summed E-state index contributed by atoms with van der Waals surface area (Å²) < 4.78 is 16.9. The van der Waals surface area contributed by atoms with E-state index in [0.717, 1.165) is 5.75 Å². The molecular formula is C27H24N2O6S. The molecule has 1 saturated heterocycles. The first-order valence-electron chi connectivity index (χ1n) is 11.1. The summed E-state index contributed by atoms with van der Waals surface area (Å²) >= 11 is 1.22. The lowest BCUT2D eigenvalue weighted by molar-refractivity contribution is -0.115. The molecule has 9 heteroatoms. The van der Waals surface area contributed by atoms with Crippen LogP contribution in [0.3, 0.4) is 0 Å². The lowest BCUT2D eigenvalue weighted by Crippen LogP contribution is -2.19. The number of aliphatic imine (C=N–C) groups is 1. The number of methoxy groups -OCH3 is 1. The fourth-order valence-corrected chi connectivity index (χ4v) is 4.27. The molecule has 1 fully saturated rings. The smallest absolute Gasteiger partial charge is 0.335 e. The van der Waals surface area contributed by atoms with Gasteiger partial charge < -0.3 is 24.6 Å². The Morgan fingerprint density at radius 1 is 1.08 bits per heavy atom. The molecule has 8 nitrogen and oxygen atoms in total. The van der Waals surface area contributed by atoms with Gasteiger partial charge in [0.15, 0.2) is 16.7 Å². The highest BCUT2D eigenvalue weighted by molar-refractivity contribution is 8.18. The first-order valence-corrected chi connectivity index (χ1v) is 11.9. The van der Waals surface area contributed by atoms with Crippen LogP contribution in [0.15, 0.2) is 76.6 Å². The maximum atomic E-state index is 12.6. The first-order chi connectivity index (χ1) is 17.5. The van der Waals surface area contributed by atoms with Crippen LogP contribution in [0.5, 0.6) is 17.2 Å². The van der Waals surface area contributed by atoms with Gasteiger partial charge in [0.05, 0.1) is 29.9 Å². The van der Waals surface area contributed by atoms with Crippen molar-refractivity contribution in [2.24, 2.45) is 4.99 Å². The number of carbonyl (C=O) groups excluding carboxylic acids is 1. The molecule has 184 valence electrons. The van der Waals surface area contributed by atoms with Gasteiger partial charge in [0, 0.05) is 5.56 Å². The number of amidine groups is 1. The molecule has 3 aromatic rings. The van der Waals surface area contributed by atoms with Gasteiger partial charge in [-0.15, -0.1) is 0 Å². The Hall–Kier alpha value is -4.24. The molecule has 1 aliphatic heterocycles. The van der Waals surface area contributed by atoms with E-state index in [9.17, 15) is 14.7 Å². The molecule has 0 spiro atoms. The van der Waals surface area contributed by atoms with Crippen molar-refractivity contribution in [2.75, 3.05) is 13.7 Å². The Morgan fingerprint density at radius 3 is 2.58 bits per heavy atom. The molecule has 1 heterocycles. The zero-order chi connectivity index (χ0) is 25.5. The zero-order valence-corrected chi connectivity index (χ0v) is 20.5. The van der Waals surface area contributed by atoms with E-state index in [1.54, 1.807) is 36.4 Å². The van der Waals surface area contributed by atoms with E-state index < -0.39 is 5.97 Å². The van der Waals surface area contributed by atoms with Crippen LogP contribution in [0, 0.1) is 0 Å². The van der Waals surface area contributed by atoms with E-state index in [1.165, 1.54) is 24.9 Å². The molecule has 0 saturated carbocycles. The summed E-state index contributed by atoms with van der Waals surface area (Å²) in [6.45, 7) is 2.63. The van der Waals surface area contributed by atoms with Crippen molar-refractivity contribution in [1.82, 2.24) is 5.32 Å². The Bertz CT molecular complexity index is 1330. The van der Waals surface area contributed by atoms with E-state index in [0.29, 0.717) is 45.0 Å². The van der Waals surface area contributed by atoms with Crippen LogP contribution in [-0.2, 0) is 11.4 Å². The number of thioether (sulfide) groups is 1. The van der Waals surface area contributed by atoms with Crippen LogP contribution in [0.25, 0.3) is 6.08 Å². The number of hydrogen-bond donors (Lipinski definition) is 2. The van der Waals surface area contributed by atoms with Crippen LogP contribution < -0.4 is 19.5 Å². The van der Waals surface area contributed by atoms with E-state index in [2.05, 4.69) is 10.3 Å². The van der Waals surface area contributed by atoms with Crippen molar-refractivity contribution in [3.63, 3.8) is 0 Å². The number of ether oxygens (including phenoxy) is 3. The van der Waals surface area contributed by atoms with Crippen LogP contribution in [-0.4, -0.2) is 35.9 Å². The molecule has 2 N–H and O–H groups in total. The molecule has 0 unspecified atom stereocenters. The number of nitrogens with zero attached hydrogens (tertiary/aromatic N) is 1. The maximum Gasteiger partial charge on any atom is 0.335 e. The Balaban J connectivity index is 1.55. The lowest BCUT2D eigenvalue weighted by Gasteiger charge is -2.14. The van der Waals surface area contributed by atoms with E-state index in [1.807, 2.05) is 37.3 Å². The molecule has 0 atom stereocenters. The van der Waals surface area contributed by atoms with Gasteiger partial charge in [0.1, 0.15) is 12.4 Å². The van der Waals surface area contributed by atoms with Crippen molar-refractivity contribution < 1.29 is 28.9 Å². The second-order valence-corrected chi connectivity index (χ2v) is 8.61. The maximum absolute atomic E-state index is 12.6. The van der Waals surface area contributed by atoms with Gasteiger partial charge in [-0.3, -0.25) is 4.79 Å². The fourth-order valence-electron chi connectivity index (χ4n) is 3.43. The molecule has 1 aliphatic rings. The van der Waals surface area contributed by atoms with Gasteiger partial charge in [0.2, 0.25) is 0 Å². The highest BCUT2D eigenvalue weighted by Crippen LogP contribution is 2.36. The molecule has 0 aromatic heterocycles. The van der Waals surface area contributed by atoms with Crippen molar-refractivity contribution in [3.8, 4) is 17.2 Å². The first kappa shape index (κ1) is 24.9. The summed E-state index contributed by atoms with van der Waals surface area (Å²) in [6, 6.07) is 19.2. The second kappa shape index (κ2) is 11.5. The summed E-state index contributed by atoms with van der Waals surface area (Å²) in [5.74, 6) is 0.411. The molecule has 0 radical (unpaired) electrons. The zero-order valence-electron chi connectivity index (χ0n) is 19.7. The molecule has 3 aromatic carbocycles. The normalized spacial score (nSPS) is 15.1. The van der Waals surface area contributed by atoms with Crippen LogP contribution in [0.2, 0.25) is 0 Å². The summed E-state index contributed by atoms with van der Waals surface area (Å²) in [5, 5.41) is 12.5. The SMILES string of the molecule is CCOc1ccc(N=C2NC(=O)/C(=C\c3cccc(OC)c3OCc3cccc(C(=O)O)c3)S2)cc1. The van der Waals surface area contributed by atoms with Crippen molar-refractivity contribution in [2.45, 2.75) is 13.5 Å². The van der Waals surface area contributed by atoms with Crippen molar-refractivity contribution >= 4 is 40.6 Å². The van der Waals surface area contributed by atoms with Crippen LogP contribution in [0.1, 0.15) is 28.4 Å². The van der Waals surface area contributed by atoms with Gasteiger partial charge >= 0.3 is 5.97 Å². The van der Waals surface area contributed by atoms with Gasteiger partial charge in [0.25, 0.3) is 5.91 Å². The van der Waals surface area contributed by atoms with Crippen LogP contribution in [0.4, 0.5) is 5.69 Å². The molecule has 0 bridgehead atoms. The number of aromatic carboxylic acids is 1. The molecule has 1 amide bonds. The molecule has 4 rings (SSSR count). The lowest BCUT2D eigenvalue weighted by atomic mass is 10.1. The van der Waals surface area contributed by atoms with Gasteiger partial charge in [-0.2, -0.15) is 0 Å². The number of benzene rings is 3. The Labute approximate surface area is 212 Å². The number of rotatable bonds is 9. The number of carboxylic acids is 1. The minimum atomic E-state index is -1.01. The fraction of sp³-hybridized carbons (Fsp3) is 0.148. The number of carbonyl (C=O) groups is 2. The summed E-state index contributed by atoms with van der Waals surface area (Å²) in [7, 11) is 1.53. The highest BCUT2D eigenvalue weighted by atomic mass is 32.2. The number of nitrogens with one attached hydrogen (secondary N) is 1. The van der Waals surface area contributed by atoms with Crippen molar-refractivity contribution in [3.05, 3.63) is 88.3 Å². The highest BCUT2D eigenvalue weighted by Gasteiger charge is 2.25. The number of carboxylic acid groups (broad SMARTS) is 1. The minimum Gasteiger partial charge on any atom is -0.494 e. The third-order valence-corrected chi connectivity index (χ3v) is 6.01. The molecule has 36 heavy (non-hydrogen) atoms. The molecular weight excluding hydrogens is 480 g/mol. The van der Waals surface area contributed by atoms with Gasteiger partial charge in [-0.25, -0.2) is 9.79 Å². The average molecular weight is 505 g/mol. The Morgan fingerprint density at radius 2 is 1.86 bits per heavy atom. The van der Waals surface area contributed by atoms with E-state index in [-0.39, 0.29) is 18.1 Å². The summed E-state index contributed by atoms with van der Waals surface area (Å²) in [5.41, 5.74) is 2.20. The van der Waals surface area contributed by atoms with E-state index in [4.69, 9.17) is 14.2 Å². The standard InChI is InChI=1S/C27H24N2O6S/c1-3-34-21-12-10-20(11-13-21)28-27-29-25(30)23(36-27)15-18-7-5-9-22(33-2)24(18)35-16-17-6-4-8-19(14-17)26(31)32/h4-15H,3,16H2,1-2H3,(H,31,32)(H,28,29,30)/b23-15+. The predicted molar refractivity (Wildman–Crippen MR) is 139 cm³/mol. The second-order valence-electron chi connectivity index (χ2n) is 7.58. The van der Waals surface area contributed by atoms with Crippen molar-refractivity contribution in [1.29, 1.82) is 0 Å². The summed E-state index contributed by atoms with van der Waals surface area (Å²) in [4.78, 5) is 28.9. The number of para-hydroxylation sites is 1. The van der Waals surface area contributed by atoms with Gasteiger partial charge in [-0.05, 0) is 72.8 Å². The van der Waals surface area contributed by atoms with Crippen LogP contribution >= 0.6 is 11.8 Å². The largest absolute Gasteiger partial charge is 0.494 e. The number of amides is 1. The predicted octanol–water partition coefficient (Wildman–Crippen LogP) is 5.26. The minimum absolute atomic E-state index is 0.126.